The van der Waals surface area contributed by atoms with Gasteiger partial charge in [0.2, 0.25) is 0 Å². The number of allylic oxidation sites excluding steroid dienone is 1. The van der Waals surface area contributed by atoms with E-state index in [1.807, 2.05) is 0 Å². The number of ketones is 1. The van der Waals surface area contributed by atoms with Gasteiger partial charge in [-0.1, -0.05) is 25.5 Å². The molecule has 160 valence electrons. The average Bonchev–Trinajstić information content (AvgIpc) is 3.19. The lowest BCUT2D eigenvalue weighted by Gasteiger charge is -2.44. The van der Waals surface area contributed by atoms with Gasteiger partial charge in [-0.25, -0.2) is 0 Å². The Balaban J connectivity index is 1.58. The lowest BCUT2D eigenvalue weighted by atomic mass is 9.61. The van der Waals surface area contributed by atoms with Crippen LogP contribution in [0.25, 0.3) is 0 Å². The second-order valence-corrected chi connectivity index (χ2v) is 10.1. The van der Waals surface area contributed by atoms with Gasteiger partial charge in [-0.15, -0.1) is 0 Å². The molecule has 4 aliphatic carbocycles. The van der Waals surface area contributed by atoms with Gasteiger partial charge in [0.05, 0.1) is 11.5 Å². The van der Waals surface area contributed by atoms with Crippen LogP contribution in [0.1, 0.15) is 65.7 Å². The minimum absolute atomic E-state index is 0.0406. The number of methoxy groups -OCH3 is 1. The average molecular weight is 403 g/mol. The minimum atomic E-state index is -0.608. The predicted molar refractivity (Wildman–Crippen MR) is 108 cm³/mol. The largest absolute Gasteiger partial charge is 0.455 e. The lowest BCUT2D eigenvalue weighted by Crippen LogP contribution is -2.38. The number of rotatable bonds is 6. The third kappa shape index (κ3) is 3.11. The molecule has 0 aromatic heterocycles. The van der Waals surface area contributed by atoms with Gasteiger partial charge in [0.1, 0.15) is 6.29 Å². The van der Waals surface area contributed by atoms with Crippen molar-refractivity contribution in [3.05, 3.63) is 11.6 Å². The van der Waals surface area contributed by atoms with Crippen LogP contribution in [-0.2, 0) is 23.9 Å². The van der Waals surface area contributed by atoms with Gasteiger partial charge in [-0.3, -0.25) is 9.59 Å². The first-order valence-electron chi connectivity index (χ1n) is 11.2. The highest BCUT2D eigenvalue weighted by Crippen LogP contribution is 2.66. The highest BCUT2D eigenvalue weighted by atomic mass is 16.5. The molecule has 0 N–H and O–H groups in total. The molecule has 0 amide bonds. The molecule has 0 radical (unpaired) electrons. The van der Waals surface area contributed by atoms with E-state index in [-0.39, 0.29) is 29.1 Å². The molecule has 0 saturated heterocycles. The van der Waals surface area contributed by atoms with Crippen LogP contribution in [0.4, 0.5) is 0 Å². The summed E-state index contributed by atoms with van der Waals surface area (Å²) in [6.45, 7) is 5.78. The number of fused-ring (bicyclic) bond motifs is 2. The molecule has 0 aromatic carbocycles. The van der Waals surface area contributed by atoms with Gasteiger partial charge in [0.25, 0.3) is 0 Å². The topological polar surface area (TPSA) is 69.7 Å². The maximum Gasteiger partial charge on any atom is 0.303 e. The molecule has 0 spiro atoms. The van der Waals surface area contributed by atoms with Crippen molar-refractivity contribution in [3.63, 3.8) is 0 Å². The molecule has 29 heavy (non-hydrogen) atoms. The molecule has 0 aromatic rings. The molecule has 5 heteroatoms. The van der Waals surface area contributed by atoms with Gasteiger partial charge in [-0.2, -0.15) is 0 Å². The number of carbonyl (C=O) groups is 3. The molecule has 5 unspecified atom stereocenters. The van der Waals surface area contributed by atoms with E-state index in [4.69, 9.17) is 9.47 Å². The van der Waals surface area contributed by atoms with Crippen LogP contribution in [0.15, 0.2) is 11.6 Å². The molecule has 8 atom stereocenters. The molecule has 4 saturated carbocycles. The van der Waals surface area contributed by atoms with Crippen LogP contribution in [0, 0.1) is 34.5 Å². The molecule has 4 fully saturated rings. The van der Waals surface area contributed by atoms with Crippen LogP contribution in [0.3, 0.4) is 0 Å². The Morgan fingerprint density at radius 3 is 2.72 bits per heavy atom. The van der Waals surface area contributed by atoms with E-state index in [0.29, 0.717) is 18.3 Å². The number of carbonyl (C=O) groups excluding carboxylic acids is 3. The van der Waals surface area contributed by atoms with Crippen LogP contribution in [0.2, 0.25) is 0 Å². The van der Waals surface area contributed by atoms with E-state index in [1.54, 1.807) is 7.11 Å². The van der Waals surface area contributed by atoms with Crippen molar-refractivity contribution in [2.24, 2.45) is 34.5 Å². The van der Waals surface area contributed by atoms with E-state index < -0.39 is 17.5 Å². The summed E-state index contributed by atoms with van der Waals surface area (Å²) in [5.41, 5.74) is 1.06. The van der Waals surface area contributed by atoms with Crippen molar-refractivity contribution in [1.29, 1.82) is 0 Å². The summed E-state index contributed by atoms with van der Waals surface area (Å²) >= 11 is 0. The third-order valence-corrected chi connectivity index (χ3v) is 8.72. The number of Topliss-reactive ketones (excluding diaryl/α,β-unsaturated/α-hetero) is 1. The Morgan fingerprint density at radius 1 is 1.31 bits per heavy atom. The summed E-state index contributed by atoms with van der Waals surface area (Å²) in [6.07, 6.45) is 9.50. The monoisotopic (exact) mass is 402 g/mol. The van der Waals surface area contributed by atoms with E-state index >= 15 is 0 Å². The number of esters is 1. The highest BCUT2D eigenvalue weighted by Gasteiger charge is 2.71. The van der Waals surface area contributed by atoms with Crippen LogP contribution in [0.5, 0.6) is 0 Å². The summed E-state index contributed by atoms with van der Waals surface area (Å²) in [6, 6.07) is 0. The summed E-state index contributed by atoms with van der Waals surface area (Å²) in [5.74, 6) is 0.895. The van der Waals surface area contributed by atoms with E-state index in [0.717, 1.165) is 44.8 Å². The van der Waals surface area contributed by atoms with Crippen LogP contribution >= 0.6 is 0 Å². The van der Waals surface area contributed by atoms with Crippen molar-refractivity contribution < 1.29 is 23.9 Å². The Kier molecular flexibility index (Phi) is 5.25. The fourth-order valence-corrected chi connectivity index (χ4v) is 7.26. The van der Waals surface area contributed by atoms with Crippen molar-refractivity contribution in [3.8, 4) is 0 Å². The second-order valence-electron chi connectivity index (χ2n) is 10.1. The Morgan fingerprint density at radius 2 is 2.07 bits per heavy atom. The predicted octanol–water partition coefficient (Wildman–Crippen LogP) is 3.89. The zero-order chi connectivity index (χ0) is 21.0. The number of ether oxygens (including phenoxy) is 2. The van der Waals surface area contributed by atoms with Crippen molar-refractivity contribution in [2.75, 3.05) is 7.11 Å². The molecule has 0 aliphatic heterocycles. The Bertz CT molecular complexity index is 742. The van der Waals surface area contributed by atoms with E-state index in [2.05, 4.69) is 19.9 Å². The van der Waals surface area contributed by atoms with Gasteiger partial charge in [-0.05, 0) is 68.1 Å². The molecule has 5 nitrogen and oxygen atoms in total. The first-order valence-corrected chi connectivity index (χ1v) is 11.2. The quantitative estimate of drug-likeness (QED) is 0.383. The van der Waals surface area contributed by atoms with Crippen molar-refractivity contribution in [1.82, 2.24) is 0 Å². The molecule has 4 aliphatic rings. The molecular weight excluding hydrogens is 368 g/mol. The lowest BCUT2D eigenvalue weighted by molar-refractivity contribution is -0.154. The van der Waals surface area contributed by atoms with Crippen LogP contribution in [-0.4, -0.2) is 37.4 Å². The SMILES string of the molecule is COC(C=C1CCC[C@@]2(C)C1CCC2[C@H](C)C=O)C12CC1C[C@H](OC(C)=O)C2=O. The molecule has 0 bridgehead atoms. The summed E-state index contributed by atoms with van der Waals surface area (Å²) in [7, 11) is 1.69. The Labute approximate surface area is 173 Å². The van der Waals surface area contributed by atoms with Gasteiger partial charge in [0.15, 0.2) is 11.9 Å². The number of hydrogen-bond acceptors (Lipinski definition) is 5. The minimum Gasteiger partial charge on any atom is -0.455 e. The third-order valence-electron chi connectivity index (χ3n) is 8.72. The highest BCUT2D eigenvalue weighted by molar-refractivity contribution is 5.96. The normalized spacial score (nSPS) is 44.1. The zero-order valence-electron chi connectivity index (χ0n) is 18.1. The number of aldehydes is 1. The van der Waals surface area contributed by atoms with Crippen molar-refractivity contribution >= 4 is 18.0 Å². The number of hydrogen-bond donors (Lipinski definition) is 0. The van der Waals surface area contributed by atoms with Crippen molar-refractivity contribution in [2.45, 2.75) is 77.9 Å². The fourth-order valence-electron chi connectivity index (χ4n) is 7.26. The summed E-state index contributed by atoms with van der Waals surface area (Å²) in [4.78, 5) is 35.9. The zero-order valence-corrected chi connectivity index (χ0v) is 18.1. The molecular formula is C24H34O5. The van der Waals surface area contributed by atoms with Gasteiger partial charge < -0.3 is 14.3 Å². The van der Waals surface area contributed by atoms with Gasteiger partial charge in [0, 0.05) is 20.0 Å². The maximum absolute atomic E-state index is 13.1. The first kappa shape index (κ1) is 20.8. The van der Waals surface area contributed by atoms with E-state index in [9.17, 15) is 14.4 Å². The molecule has 4 rings (SSSR count). The smallest absolute Gasteiger partial charge is 0.303 e. The summed E-state index contributed by atoms with van der Waals surface area (Å²) < 4.78 is 11.2. The Hall–Kier alpha value is -1.49. The van der Waals surface area contributed by atoms with E-state index in [1.165, 1.54) is 12.5 Å². The first-order chi connectivity index (χ1) is 13.8. The van der Waals surface area contributed by atoms with Gasteiger partial charge >= 0.3 is 5.97 Å². The second kappa shape index (κ2) is 7.33. The molecule has 0 heterocycles. The maximum atomic E-state index is 13.1. The summed E-state index contributed by atoms with van der Waals surface area (Å²) in [5, 5.41) is 0. The fraction of sp³-hybridized carbons (Fsp3) is 0.792. The van der Waals surface area contributed by atoms with Crippen LogP contribution < -0.4 is 0 Å². The standard InChI is InChI=1S/C24H34O5/c1-14(13-25)18-7-8-19-16(6-5-9-23(18,19)3)10-21(28-4)24-12-17(24)11-20(22(24)27)29-15(2)26/h10,13-14,17-21H,5-9,11-12H2,1-4H3/t14-,17?,18?,19?,20+,21?,23-,24?/m1/s1.